The Hall–Kier alpha value is -0.450. The van der Waals surface area contributed by atoms with Gasteiger partial charge < -0.3 is 10.1 Å². The lowest BCUT2D eigenvalue weighted by molar-refractivity contribution is 0.149. The van der Waals surface area contributed by atoms with Gasteiger partial charge in [-0.05, 0) is 13.8 Å². The molecule has 1 N–H and O–H groups in total. The minimum atomic E-state index is 0.786. The van der Waals surface area contributed by atoms with Crippen LogP contribution in [0.1, 0.15) is 17.5 Å². The highest BCUT2D eigenvalue weighted by Crippen LogP contribution is 2.10. The number of hydrogen-bond acceptors (Lipinski definition) is 4. The fourth-order valence-corrected chi connectivity index (χ4v) is 1.73. The lowest BCUT2D eigenvalue weighted by atomic mass is 10.4. The summed E-state index contributed by atoms with van der Waals surface area (Å²) in [7, 11) is 0. The molecule has 0 radical (unpaired) electrons. The molecule has 0 bridgehead atoms. The Morgan fingerprint density at radius 3 is 3.08 bits per heavy atom. The third-order valence-corrected chi connectivity index (χ3v) is 2.69. The Labute approximate surface area is 83.1 Å². The third-order valence-electron chi connectivity index (χ3n) is 1.76. The van der Waals surface area contributed by atoms with Crippen LogP contribution in [0.25, 0.3) is 0 Å². The molecule has 0 atom stereocenters. The SMILES string of the molecule is CCOCCNCc1scnc1C. The lowest BCUT2D eigenvalue weighted by Gasteiger charge is -2.03. The maximum absolute atomic E-state index is 5.21. The number of aryl methyl sites for hydroxylation is 1. The lowest BCUT2D eigenvalue weighted by Crippen LogP contribution is -2.19. The molecule has 4 heteroatoms. The molecule has 0 saturated heterocycles. The van der Waals surface area contributed by atoms with E-state index in [9.17, 15) is 0 Å². The maximum Gasteiger partial charge on any atom is 0.0798 e. The van der Waals surface area contributed by atoms with Crippen LogP contribution in [0.3, 0.4) is 0 Å². The highest BCUT2D eigenvalue weighted by Gasteiger charge is 1.99. The molecule has 1 aromatic rings. The molecule has 74 valence electrons. The summed E-state index contributed by atoms with van der Waals surface area (Å²) in [5.41, 5.74) is 3.02. The topological polar surface area (TPSA) is 34.1 Å². The number of nitrogens with zero attached hydrogens (tertiary/aromatic N) is 1. The molecule has 1 aromatic heterocycles. The summed E-state index contributed by atoms with van der Waals surface area (Å²) in [6, 6.07) is 0. The molecular formula is C9H16N2OS. The Morgan fingerprint density at radius 1 is 1.62 bits per heavy atom. The molecule has 1 rings (SSSR count). The Morgan fingerprint density at radius 2 is 2.46 bits per heavy atom. The van der Waals surface area contributed by atoms with Gasteiger partial charge in [0.05, 0.1) is 17.8 Å². The van der Waals surface area contributed by atoms with Gasteiger partial charge in [0, 0.05) is 24.6 Å². The van der Waals surface area contributed by atoms with Crippen LogP contribution in [0.4, 0.5) is 0 Å². The second kappa shape index (κ2) is 6.07. The summed E-state index contributed by atoms with van der Waals surface area (Å²) in [6.07, 6.45) is 0. The minimum Gasteiger partial charge on any atom is -0.380 e. The number of ether oxygens (including phenoxy) is 1. The van der Waals surface area contributed by atoms with Crippen molar-refractivity contribution in [3.63, 3.8) is 0 Å². The molecule has 3 nitrogen and oxygen atoms in total. The van der Waals surface area contributed by atoms with E-state index in [-0.39, 0.29) is 0 Å². The number of hydrogen-bond donors (Lipinski definition) is 1. The van der Waals surface area contributed by atoms with E-state index in [1.54, 1.807) is 11.3 Å². The largest absolute Gasteiger partial charge is 0.380 e. The summed E-state index contributed by atoms with van der Waals surface area (Å²) in [5.74, 6) is 0. The van der Waals surface area contributed by atoms with E-state index in [0.29, 0.717) is 0 Å². The Balaban J connectivity index is 2.10. The second-order valence-corrected chi connectivity index (χ2v) is 3.67. The average molecular weight is 200 g/mol. The first kappa shape index (κ1) is 10.6. The predicted octanol–water partition coefficient (Wildman–Crippen LogP) is 1.58. The van der Waals surface area contributed by atoms with Crippen molar-refractivity contribution in [1.82, 2.24) is 10.3 Å². The summed E-state index contributed by atoms with van der Waals surface area (Å²) < 4.78 is 5.21. The minimum absolute atomic E-state index is 0.786. The average Bonchev–Trinajstić information content (AvgIpc) is 2.52. The molecule has 13 heavy (non-hydrogen) atoms. The first-order valence-electron chi connectivity index (χ1n) is 4.52. The van der Waals surface area contributed by atoms with E-state index < -0.39 is 0 Å². The van der Waals surface area contributed by atoms with Crippen molar-refractivity contribution in [3.8, 4) is 0 Å². The summed E-state index contributed by atoms with van der Waals surface area (Å²) >= 11 is 1.70. The third kappa shape index (κ3) is 3.85. The van der Waals surface area contributed by atoms with Gasteiger partial charge in [-0.3, -0.25) is 0 Å². The monoisotopic (exact) mass is 200 g/mol. The van der Waals surface area contributed by atoms with Crippen LogP contribution in [0.5, 0.6) is 0 Å². The molecule has 0 amide bonds. The Kier molecular flexibility index (Phi) is 4.97. The van der Waals surface area contributed by atoms with E-state index in [0.717, 1.165) is 32.0 Å². The fourth-order valence-electron chi connectivity index (χ4n) is 0.986. The first-order chi connectivity index (χ1) is 6.34. The van der Waals surface area contributed by atoms with Gasteiger partial charge in [-0.2, -0.15) is 0 Å². The van der Waals surface area contributed by atoms with Gasteiger partial charge in [-0.25, -0.2) is 4.98 Å². The quantitative estimate of drug-likeness (QED) is 0.708. The normalized spacial score (nSPS) is 10.6. The van der Waals surface area contributed by atoms with Crippen molar-refractivity contribution in [1.29, 1.82) is 0 Å². The highest BCUT2D eigenvalue weighted by molar-refractivity contribution is 7.09. The van der Waals surface area contributed by atoms with Crippen molar-refractivity contribution in [2.45, 2.75) is 20.4 Å². The van der Waals surface area contributed by atoms with E-state index >= 15 is 0 Å². The van der Waals surface area contributed by atoms with Gasteiger partial charge in [0.2, 0.25) is 0 Å². The zero-order valence-electron chi connectivity index (χ0n) is 8.17. The number of thiazole rings is 1. The smallest absolute Gasteiger partial charge is 0.0798 e. The standard InChI is InChI=1S/C9H16N2OS/c1-3-12-5-4-10-6-9-8(2)11-7-13-9/h7,10H,3-6H2,1-2H3. The molecular weight excluding hydrogens is 184 g/mol. The molecule has 0 aromatic carbocycles. The highest BCUT2D eigenvalue weighted by atomic mass is 32.1. The fraction of sp³-hybridized carbons (Fsp3) is 0.667. The van der Waals surface area contributed by atoms with Gasteiger partial charge in [0.1, 0.15) is 0 Å². The summed E-state index contributed by atoms with van der Waals surface area (Å²) in [6.45, 7) is 7.44. The van der Waals surface area contributed by atoms with Gasteiger partial charge in [-0.15, -0.1) is 11.3 Å². The predicted molar refractivity (Wildman–Crippen MR) is 55.1 cm³/mol. The summed E-state index contributed by atoms with van der Waals surface area (Å²) in [4.78, 5) is 5.50. The number of rotatable bonds is 6. The van der Waals surface area contributed by atoms with Gasteiger partial charge in [-0.1, -0.05) is 0 Å². The first-order valence-corrected chi connectivity index (χ1v) is 5.40. The van der Waals surface area contributed by atoms with Crippen molar-refractivity contribution in [2.24, 2.45) is 0 Å². The number of nitrogens with one attached hydrogen (secondary N) is 1. The van der Waals surface area contributed by atoms with Gasteiger partial charge in [0.15, 0.2) is 0 Å². The van der Waals surface area contributed by atoms with Crippen LogP contribution >= 0.6 is 11.3 Å². The van der Waals surface area contributed by atoms with Crippen molar-refractivity contribution < 1.29 is 4.74 Å². The van der Waals surface area contributed by atoms with Crippen LogP contribution in [-0.4, -0.2) is 24.7 Å². The molecule has 0 aliphatic carbocycles. The van der Waals surface area contributed by atoms with Crippen molar-refractivity contribution in [2.75, 3.05) is 19.8 Å². The van der Waals surface area contributed by atoms with E-state index in [2.05, 4.69) is 10.3 Å². The Bertz CT molecular complexity index is 237. The number of aromatic nitrogens is 1. The molecule has 0 unspecified atom stereocenters. The zero-order valence-corrected chi connectivity index (χ0v) is 8.99. The van der Waals surface area contributed by atoms with Crippen molar-refractivity contribution >= 4 is 11.3 Å². The molecule has 1 heterocycles. The molecule has 0 spiro atoms. The molecule has 0 fully saturated rings. The van der Waals surface area contributed by atoms with Crippen molar-refractivity contribution in [3.05, 3.63) is 16.1 Å². The molecule has 0 aliphatic heterocycles. The van der Waals surface area contributed by atoms with E-state index in [4.69, 9.17) is 4.74 Å². The molecule has 0 saturated carbocycles. The van der Waals surface area contributed by atoms with Crippen LogP contribution in [0.15, 0.2) is 5.51 Å². The van der Waals surface area contributed by atoms with E-state index in [1.165, 1.54) is 4.88 Å². The van der Waals surface area contributed by atoms with Gasteiger partial charge in [0.25, 0.3) is 0 Å². The maximum atomic E-state index is 5.21. The summed E-state index contributed by atoms with van der Waals surface area (Å²) in [5, 5.41) is 3.31. The molecule has 0 aliphatic rings. The van der Waals surface area contributed by atoms with Gasteiger partial charge >= 0.3 is 0 Å². The second-order valence-electron chi connectivity index (χ2n) is 2.73. The van der Waals surface area contributed by atoms with Crippen LogP contribution < -0.4 is 5.32 Å². The van der Waals surface area contributed by atoms with Crippen LogP contribution in [0.2, 0.25) is 0 Å². The van der Waals surface area contributed by atoms with Crippen LogP contribution in [0, 0.1) is 6.92 Å². The van der Waals surface area contributed by atoms with Crippen LogP contribution in [-0.2, 0) is 11.3 Å². The zero-order chi connectivity index (χ0) is 9.52. The van der Waals surface area contributed by atoms with E-state index in [1.807, 2.05) is 19.4 Å².